The van der Waals surface area contributed by atoms with Crippen molar-refractivity contribution in [1.29, 1.82) is 0 Å². The normalized spacial score (nSPS) is 15.7. The molecule has 1 saturated carbocycles. The van der Waals surface area contributed by atoms with Crippen LogP contribution in [-0.4, -0.2) is 36.8 Å². The summed E-state index contributed by atoms with van der Waals surface area (Å²) >= 11 is 6.11. The minimum absolute atomic E-state index is 0.129. The molecule has 0 radical (unpaired) electrons. The maximum atomic E-state index is 12.8. The zero-order valence-corrected chi connectivity index (χ0v) is 14.2. The van der Waals surface area contributed by atoms with Crippen LogP contribution in [0.15, 0.2) is 17.2 Å². The maximum absolute atomic E-state index is 12.8. The zero-order chi connectivity index (χ0) is 15.6. The van der Waals surface area contributed by atoms with Crippen molar-refractivity contribution < 1.29 is 8.42 Å². The average Bonchev–Trinajstić information content (AvgIpc) is 3.22. The lowest BCUT2D eigenvalue weighted by Gasteiger charge is -2.23. The smallest absolute Gasteiger partial charge is 0.244 e. The number of aromatic nitrogens is 1. The highest BCUT2D eigenvalue weighted by molar-refractivity contribution is 7.89. The van der Waals surface area contributed by atoms with E-state index in [-0.39, 0.29) is 16.9 Å². The summed E-state index contributed by atoms with van der Waals surface area (Å²) in [6, 6.07) is 1.61. The molecule has 1 aliphatic carbocycles. The highest BCUT2D eigenvalue weighted by atomic mass is 35.5. The molecule has 0 aliphatic heterocycles. The zero-order valence-electron chi connectivity index (χ0n) is 12.6. The predicted molar refractivity (Wildman–Crippen MR) is 85.2 cm³/mol. The van der Waals surface area contributed by atoms with Gasteiger partial charge >= 0.3 is 0 Å². The fraction of sp³-hybridized carbons (Fsp3) is 0.643. The fourth-order valence-corrected chi connectivity index (χ4v) is 4.28. The Morgan fingerprint density at radius 2 is 2.14 bits per heavy atom. The molecule has 0 atom stereocenters. The van der Waals surface area contributed by atoms with Gasteiger partial charge in [-0.2, -0.15) is 4.31 Å². The summed E-state index contributed by atoms with van der Waals surface area (Å²) < 4.78 is 27.2. The minimum Gasteiger partial charge on any atom is -0.369 e. The van der Waals surface area contributed by atoms with Crippen molar-refractivity contribution in [2.45, 2.75) is 44.6 Å². The second kappa shape index (κ2) is 6.50. The summed E-state index contributed by atoms with van der Waals surface area (Å²) in [6.45, 7) is 7.18. The van der Waals surface area contributed by atoms with Gasteiger partial charge in [-0.1, -0.05) is 25.4 Å². The quantitative estimate of drug-likeness (QED) is 0.834. The number of hydrogen-bond acceptors (Lipinski definition) is 4. The van der Waals surface area contributed by atoms with E-state index in [1.807, 2.05) is 20.8 Å². The lowest BCUT2D eigenvalue weighted by atomic mass is 10.2. The molecule has 1 fully saturated rings. The number of sulfonamides is 1. The van der Waals surface area contributed by atoms with E-state index in [1.54, 1.807) is 4.31 Å². The number of anilines is 1. The van der Waals surface area contributed by atoms with Crippen molar-refractivity contribution in [3.8, 4) is 0 Å². The number of pyridine rings is 1. The van der Waals surface area contributed by atoms with Crippen molar-refractivity contribution in [2.75, 3.05) is 18.4 Å². The Morgan fingerprint density at radius 3 is 2.62 bits per heavy atom. The summed E-state index contributed by atoms with van der Waals surface area (Å²) in [5.74, 6) is 0.796. The van der Waals surface area contributed by atoms with Gasteiger partial charge in [-0.15, -0.1) is 0 Å². The van der Waals surface area contributed by atoms with E-state index < -0.39 is 10.0 Å². The first-order chi connectivity index (χ1) is 9.86. The second-order valence-corrected chi connectivity index (χ2v) is 8.03. The summed E-state index contributed by atoms with van der Waals surface area (Å²) in [5, 5.41) is 3.33. The van der Waals surface area contributed by atoms with Crippen molar-refractivity contribution in [3.63, 3.8) is 0 Å². The van der Waals surface area contributed by atoms with Crippen LogP contribution in [0.3, 0.4) is 0 Å². The van der Waals surface area contributed by atoms with Gasteiger partial charge < -0.3 is 5.32 Å². The Bertz CT molecular complexity index is 600. The van der Waals surface area contributed by atoms with Gasteiger partial charge in [-0.25, -0.2) is 13.4 Å². The lowest BCUT2D eigenvalue weighted by molar-refractivity contribution is 0.360. The largest absolute Gasteiger partial charge is 0.369 e. The summed E-state index contributed by atoms with van der Waals surface area (Å²) in [5.41, 5.74) is 0. The molecule has 7 heteroatoms. The number of hydrogen-bond donors (Lipinski definition) is 1. The van der Waals surface area contributed by atoms with Gasteiger partial charge in [-0.05, 0) is 31.7 Å². The first-order valence-corrected chi connectivity index (χ1v) is 9.09. The Morgan fingerprint density at radius 1 is 1.48 bits per heavy atom. The maximum Gasteiger partial charge on any atom is 0.244 e. The van der Waals surface area contributed by atoms with Gasteiger partial charge in [0.2, 0.25) is 10.0 Å². The highest BCUT2D eigenvalue weighted by Crippen LogP contribution is 2.33. The van der Waals surface area contributed by atoms with Crippen LogP contribution >= 0.6 is 11.6 Å². The Kier molecular flexibility index (Phi) is 5.11. The topological polar surface area (TPSA) is 62.3 Å². The molecule has 0 saturated heterocycles. The monoisotopic (exact) mass is 331 g/mol. The molecule has 0 aromatic carbocycles. The van der Waals surface area contributed by atoms with Crippen molar-refractivity contribution in [3.05, 3.63) is 17.3 Å². The van der Waals surface area contributed by atoms with Crippen molar-refractivity contribution in [2.24, 2.45) is 5.92 Å². The molecule has 2 rings (SSSR count). The molecule has 1 aromatic heterocycles. The van der Waals surface area contributed by atoms with Gasteiger partial charge in [0, 0.05) is 25.3 Å². The highest BCUT2D eigenvalue weighted by Gasteiger charge is 2.38. The molecule has 0 bridgehead atoms. The van der Waals surface area contributed by atoms with E-state index in [4.69, 9.17) is 11.6 Å². The fourth-order valence-electron chi connectivity index (χ4n) is 2.16. The van der Waals surface area contributed by atoms with Gasteiger partial charge in [0.25, 0.3) is 0 Å². The Balaban J connectivity index is 2.31. The summed E-state index contributed by atoms with van der Waals surface area (Å²) in [7, 11) is -3.53. The number of halogens is 1. The molecule has 21 heavy (non-hydrogen) atoms. The SMILES string of the molecule is CCNc1ncc(S(=O)(=O)N(CC(C)C)C2CC2)cc1Cl. The van der Waals surface area contributed by atoms with E-state index in [0.29, 0.717) is 23.9 Å². The summed E-state index contributed by atoms with van der Waals surface area (Å²) in [6.07, 6.45) is 3.25. The Labute approximate surface area is 131 Å². The van der Waals surface area contributed by atoms with E-state index in [9.17, 15) is 8.42 Å². The van der Waals surface area contributed by atoms with Crippen LogP contribution in [0.1, 0.15) is 33.6 Å². The van der Waals surface area contributed by atoms with Crippen LogP contribution in [-0.2, 0) is 10.0 Å². The van der Waals surface area contributed by atoms with Gasteiger partial charge in [0.05, 0.1) is 5.02 Å². The van der Waals surface area contributed by atoms with Gasteiger partial charge in [-0.3, -0.25) is 0 Å². The second-order valence-electron chi connectivity index (χ2n) is 5.73. The minimum atomic E-state index is -3.53. The predicted octanol–water partition coefficient (Wildman–Crippen LogP) is 2.98. The lowest BCUT2D eigenvalue weighted by Crippen LogP contribution is -2.36. The van der Waals surface area contributed by atoms with Crippen LogP contribution in [0.2, 0.25) is 5.02 Å². The van der Waals surface area contributed by atoms with Crippen molar-refractivity contribution >= 4 is 27.4 Å². The van der Waals surface area contributed by atoms with E-state index in [0.717, 1.165) is 12.8 Å². The third kappa shape index (κ3) is 3.87. The van der Waals surface area contributed by atoms with E-state index >= 15 is 0 Å². The van der Waals surface area contributed by atoms with E-state index in [2.05, 4.69) is 10.3 Å². The summed E-state index contributed by atoms with van der Waals surface area (Å²) in [4.78, 5) is 4.29. The standard InChI is InChI=1S/C14H22ClN3O2S/c1-4-16-14-13(15)7-12(8-17-14)21(19,20)18(9-10(2)3)11-5-6-11/h7-8,10-11H,4-6,9H2,1-3H3,(H,16,17). The molecule has 0 amide bonds. The van der Waals surface area contributed by atoms with Crippen LogP contribution in [0.25, 0.3) is 0 Å². The third-order valence-electron chi connectivity index (χ3n) is 3.27. The van der Waals surface area contributed by atoms with Gasteiger partial charge in [0.15, 0.2) is 0 Å². The van der Waals surface area contributed by atoms with Crippen LogP contribution in [0.4, 0.5) is 5.82 Å². The average molecular weight is 332 g/mol. The molecule has 1 aromatic rings. The van der Waals surface area contributed by atoms with Crippen LogP contribution < -0.4 is 5.32 Å². The molecule has 118 valence electrons. The third-order valence-corrected chi connectivity index (χ3v) is 5.44. The molecule has 0 spiro atoms. The molecule has 1 N–H and O–H groups in total. The van der Waals surface area contributed by atoms with Gasteiger partial charge in [0.1, 0.15) is 10.7 Å². The van der Waals surface area contributed by atoms with E-state index in [1.165, 1.54) is 12.3 Å². The molecule has 1 aliphatic rings. The van der Waals surface area contributed by atoms with Crippen LogP contribution in [0.5, 0.6) is 0 Å². The molecular formula is C14H22ClN3O2S. The van der Waals surface area contributed by atoms with Crippen LogP contribution in [0, 0.1) is 5.92 Å². The Hall–Kier alpha value is -0.850. The number of nitrogens with zero attached hydrogens (tertiary/aromatic N) is 2. The number of rotatable bonds is 7. The molecule has 1 heterocycles. The molecule has 5 nitrogen and oxygen atoms in total. The van der Waals surface area contributed by atoms with Crippen molar-refractivity contribution in [1.82, 2.24) is 9.29 Å². The first kappa shape index (κ1) is 16.5. The molecule has 0 unspecified atom stereocenters. The molecular weight excluding hydrogens is 310 g/mol. The first-order valence-electron chi connectivity index (χ1n) is 7.27. The number of nitrogens with one attached hydrogen (secondary N) is 1.